The van der Waals surface area contributed by atoms with Crippen molar-refractivity contribution in [3.63, 3.8) is 0 Å². The van der Waals surface area contributed by atoms with Crippen molar-refractivity contribution in [3.05, 3.63) is 27.5 Å². The maximum atomic E-state index is 13.8. The Morgan fingerprint density at radius 2 is 1.84 bits per heavy atom. The number of methoxy groups -OCH3 is 1. The quantitative estimate of drug-likeness (QED) is 0.340. The van der Waals surface area contributed by atoms with Crippen LogP contribution >= 0.6 is 11.3 Å². The fourth-order valence-corrected chi connectivity index (χ4v) is 5.10. The Kier molecular flexibility index (Phi) is 7.61. The van der Waals surface area contributed by atoms with Crippen LogP contribution in [-0.2, 0) is 14.3 Å². The van der Waals surface area contributed by atoms with Crippen molar-refractivity contribution < 1.29 is 19.1 Å². The Labute approximate surface area is 195 Å². The minimum Gasteiger partial charge on any atom is -0.465 e. The third-order valence-corrected chi connectivity index (χ3v) is 7.03. The second-order valence-corrected chi connectivity index (χ2v) is 10.9. The maximum absolute atomic E-state index is 13.8. The monoisotopic (exact) mass is 455 g/mol. The third kappa shape index (κ3) is 5.89. The zero-order chi connectivity index (χ0) is 23.5. The van der Waals surface area contributed by atoms with Crippen LogP contribution in [0.25, 0.3) is 0 Å². The summed E-state index contributed by atoms with van der Waals surface area (Å²) in [5.41, 5.74) is 1.71. The number of carbonyl (C=O) groups is 3. The molecular weight excluding hydrogens is 422 g/mol. The van der Waals surface area contributed by atoms with E-state index in [1.54, 1.807) is 4.90 Å². The number of anilines is 1. The summed E-state index contributed by atoms with van der Waals surface area (Å²) in [4.78, 5) is 41.3. The van der Waals surface area contributed by atoms with Gasteiger partial charge in [-0.15, -0.1) is 11.3 Å². The highest BCUT2D eigenvalue weighted by Gasteiger charge is 2.36. The Morgan fingerprint density at radius 3 is 2.41 bits per heavy atom. The predicted molar refractivity (Wildman–Crippen MR) is 128 cm³/mol. The van der Waals surface area contributed by atoms with Gasteiger partial charge in [-0.05, 0) is 65.9 Å². The molecule has 0 spiro atoms. The molecule has 172 valence electrons. The number of rotatable bonds is 4. The minimum atomic E-state index is -0.460. The Morgan fingerprint density at radius 1 is 1.16 bits per heavy atom. The van der Waals surface area contributed by atoms with Crippen LogP contribution in [0, 0.1) is 23.2 Å². The molecule has 0 aromatic carbocycles. The third-order valence-electron chi connectivity index (χ3n) is 6.01. The van der Waals surface area contributed by atoms with Crippen molar-refractivity contribution in [3.8, 4) is 11.8 Å². The molecule has 1 aromatic rings. The summed E-state index contributed by atoms with van der Waals surface area (Å²) in [5.74, 6) is 6.07. The van der Waals surface area contributed by atoms with Crippen LogP contribution in [0.5, 0.6) is 0 Å². The first-order chi connectivity index (χ1) is 15.1. The molecule has 0 N–H and O–H groups in total. The largest absolute Gasteiger partial charge is 0.465 e. The van der Waals surface area contributed by atoms with Gasteiger partial charge in [0.25, 0.3) is 0 Å². The molecule has 1 atom stereocenters. The average Bonchev–Trinajstić information content (AvgIpc) is 3.17. The van der Waals surface area contributed by atoms with E-state index in [0.717, 1.165) is 17.7 Å². The molecule has 1 fully saturated rings. The van der Waals surface area contributed by atoms with E-state index in [4.69, 9.17) is 4.74 Å². The van der Waals surface area contributed by atoms with Crippen LogP contribution in [0.15, 0.2) is 17.7 Å². The first-order valence-corrected chi connectivity index (χ1v) is 12.2. The first-order valence-electron chi connectivity index (χ1n) is 11.3. The zero-order valence-electron chi connectivity index (χ0n) is 19.7. The lowest BCUT2D eigenvalue weighted by molar-refractivity contribution is -0.125. The number of hydrogen-bond donors (Lipinski definition) is 0. The van der Waals surface area contributed by atoms with Crippen molar-refractivity contribution in [2.75, 3.05) is 12.0 Å². The van der Waals surface area contributed by atoms with Gasteiger partial charge in [-0.3, -0.25) is 9.59 Å². The van der Waals surface area contributed by atoms with Gasteiger partial charge in [0.1, 0.15) is 10.7 Å². The van der Waals surface area contributed by atoms with Crippen molar-refractivity contribution in [2.45, 2.75) is 78.7 Å². The highest BCUT2D eigenvalue weighted by atomic mass is 32.1. The van der Waals surface area contributed by atoms with Crippen molar-refractivity contribution in [1.29, 1.82) is 0 Å². The molecule has 0 bridgehead atoms. The van der Waals surface area contributed by atoms with Gasteiger partial charge in [-0.1, -0.05) is 23.5 Å². The number of ketones is 1. The van der Waals surface area contributed by atoms with Crippen LogP contribution in [0.1, 0.15) is 87.2 Å². The Bertz CT molecular complexity index is 976. The van der Waals surface area contributed by atoms with Gasteiger partial charge in [0.05, 0.1) is 17.7 Å². The van der Waals surface area contributed by atoms with Gasteiger partial charge in [0.15, 0.2) is 0 Å². The highest BCUT2D eigenvalue weighted by Crippen LogP contribution is 2.38. The van der Waals surface area contributed by atoms with E-state index in [2.05, 4.69) is 24.8 Å². The molecule has 1 amide bonds. The van der Waals surface area contributed by atoms with Crippen molar-refractivity contribution in [1.82, 2.24) is 0 Å². The van der Waals surface area contributed by atoms with Crippen molar-refractivity contribution in [2.24, 2.45) is 11.3 Å². The van der Waals surface area contributed by atoms with Crippen LogP contribution in [0.3, 0.4) is 0 Å². The van der Waals surface area contributed by atoms with Gasteiger partial charge >= 0.3 is 5.97 Å². The number of esters is 1. The van der Waals surface area contributed by atoms with Crippen LogP contribution in [0.2, 0.25) is 0 Å². The predicted octanol–water partition coefficient (Wildman–Crippen LogP) is 5.52. The molecule has 0 unspecified atom stereocenters. The minimum absolute atomic E-state index is 0.0337. The summed E-state index contributed by atoms with van der Waals surface area (Å²) in [6.07, 6.45) is 6.72. The molecule has 2 aliphatic rings. The number of amides is 1. The highest BCUT2D eigenvalue weighted by molar-refractivity contribution is 7.15. The van der Waals surface area contributed by atoms with E-state index in [0.29, 0.717) is 42.7 Å². The van der Waals surface area contributed by atoms with Crippen LogP contribution in [-0.4, -0.2) is 30.8 Å². The van der Waals surface area contributed by atoms with E-state index in [1.165, 1.54) is 24.0 Å². The summed E-state index contributed by atoms with van der Waals surface area (Å²) in [6.45, 7) is 8.19. The molecule has 32 heavy (non-hydrogen) atoms. The van der Waals surface area contributed by atoms with E-state index >= 15 is 0 Å². The van der Waals surface area contributed by atoms with Gasteiger partial charge in [0.2, 0.25) is 5.91 Å². The van der Waals surface area contributed by atoms with E-state index in [9.17, 15) is 14.4 Å². The summed E-state index contributed by atoms with van der Waals surface area (Å²) < 4.78 is 5.05. The summed E-state index contributed by atoms with van der Waals surface area (Å²) in [5, 5.41) is 0. The molecule has 0 radical (unpaired) electrons. The van der Waals surface area contributed by atoms with Gasteiger partial charge in [-0.25, -0.2) is 4.79 Å². The molecule has 1 saturated carbocycles. The molecule has 0 saturated heterocycles. The lowest BCUT2D eigenvalue weighted by Crippen LogP contribution is -2.46. The number of allylic oxidation sites excluding steroid dienone is 2. The molecule has 0 aliphatic heterocycles. The van der Waals surface area contributed by atoms with E-state index in [1.807, 2.05) is 26.8 Å². The fraction of sp³-hybridized carbons (Fsp3) is 0.577. The average molecular weight is 456 g/mol. The fourth-order valence-electron chi connectivity index (χ4n) is 4.17. The lowest BCUT2D eigenvalue weighted by atomic mass is 9.87. The topological polar surface area (TPSA) is 63.7 Å². The number of carbonyl (C=O) groups excluding carboxylic acids is 3. The normalized spacial score (nSPS) is 19.6. The Balaban J connectivity index is 2.05. The SMILES string of the molecule is COC(=O)c1sc(C#CC(C)(C)C)cc1N(C(=O)[C@H]1CC=C(C)CC1)C1CCC(=O)CC1. The molecule has 6 heteroatoms. The molecule has 3 rings (SSSR count). The molecule has 1 aromatic heterocycles. The number of nitrogens with zero attached hydrogens (tertiary/aromatic N) is 1. The van der Waals surface area contributed by atoms with Crippen LogP contribution in [0.4, 0.5) is 5.69 Å². The second-order valence-electron chi connectivity index (χ2n) is 9.82. The van der Waals surface area contributed by atoms with Gasteiger partial charge in [-0.2, -0.15) is 0 Å². The number of thiophene rings is 1. The molecular formula is C26H33NO4S. The van der Waals surface area contributed by atoms with Crippen molar-refractivity contribution >= 4 is 34.7 Å². The number of ether oxygens (including phenoxy) is 1. The zero-order valence-corrected chi connectivity index (χ0v) is 20.6. The molecule has 1 heterocycles. The van der Waals surface area contributed by atoms with E-state index in [-0.39, 0.29) is 29.1 Å². The lowest BCUT2D eigenvalue weighted by Gasteiger charge is -2.36. The van der Waals surface area contributed by atoms with Gasteiger partial charge in [0, 0.05) is 30.2 Å². The number of hydrogen-bond acceptors (Lipinski definition) is 5. The molecule has 2 aliphatic carbocycles. The molecule has 5 nitrogen and oxygen atoms in total. The summed E-state index contributed by atoms with van der Waals surface area (Å²) >= 11 is 1.27. The smallest absolute Gasteiger partial charge is 0.350 e. The standard InChI is InChI=1S/C26H33NO4S/c1-17-6-8-18(9-7-17)24(29)27(19-10-12-20(28)13-11-19)22-16-21(14-15-26(2,3)4)32-23(22)25(30)31-5/h6,16,18-19H,7-13H2,1-5H3/t18-/m0/s1. The first kappa shape index (κ1) is 24.3. The summed E-state index contributed by atoms with van der Waals surface area (Å²) in [7, 11) is 1.35. The second kappa shape index (κ2) is 10.0. The Hall–Kier alpha value is -2.39. The maximum Gasteiger partial charge on any atom is 0.350 e. The van der Waals surface area contributed by atoms with Gasteiger partial charge < -0.3 is 9.64 Å². The number of Topliss-reactive ketones (excluding diaryl/α,β-unsaturated/α-hetero) is 1. The summed E-state index contributed by atoms with van der Waals surface area (Å²) in [6, 6.07) is 1.75. The van der Waals surface area contributed by atoms with E-state index < -0.39 is 5.97 Å². The van der Waals surface area contributed by atoms with Crippen LogP contribution < -0.4 is 4.90 Å².